The Balaban J connectivity index is 2.76. The number of rotatable bonds is 8. The van der Waals surface area contributed by atoms with Crippen LogP contribution in [0, 0.1) is 0 Å². The zero-order chi connectivity index (χ0) is 20.1. The van der Waals surface area contributed by atoms with Crippen LogP contribution in [0.25, 0.3) is 11.1 Å². The lowest BCUT2D eigenvalue weighted by molar-refractivity contribution is 0.0695. The minimum Gasteiger partial charge on any atom is -0.493 e. The van der Waals surface area contributed by atoms with E-state index in [1.54, 1.807) is 12.1 Å². The summed E-state index contributed by atoms with van der Waals surface area (Å²) in [5.74, 6) is -3.18. The average Bonchev–Trinajstić information content (AvgIpc) is 2.58. The van der Waals surface area contributed by atoms with Gasteiger partial charge in [-0.25, -0.2) is 9.59 Å². The van der Waals surface area contributed by atoms with Crippen LogP contribution in [0.2, 0.25) is 0 Å². The highest BCUT2D eigenvalue weighted by atomic mass is 79.9. The predicted octanol–water partition coefficient (Wildman–Crippen LogP) is 3.35. The van der Waals surface area contributed by atoms with Gasteiger partial charge in [-0.3, -0.25) is 4.79 Å². The molecule has 0 unspecified atom stereocenters. The molecular weight excluding hydrogens is 420 g/mol. The van der Waals surface area contributed by atoms with Gasteiger partial charge in [0.25, 0.3) is 5.56 Å². The van der Waals surface area contributed by atoms with E-state index in [1.807, 2.05) is 6.92 Å². The highest BCUT2D eigenvalue weighted by Crippen LogP contribution is 2.37. The Kier molecular flexibility index (Phi) is 6.62. The van der Waals surface area contributed by atoms with Crippen LogP contribution in [0.3, 0.4) is 0 Å². The largest absolute Gasteiger partial charge is 0.493 e. The molecule has 2 aromatic rings. The summed E-state index contributed by atoms with van der Waals surface area (Å²) in [6.07, 6.45) is 2.72. The number of H-pyrrole nitrogens is 1. The minimum atomic E-state index is -1.56. The molecule has 1 aromatic heterocycles. The normalized spacial score (nSPS) is 10.6. The van der Waals surface area contributed by atoms with Gasteiger partial charge in [-0.05, 0) is 24.6 Å². The lowest BCUT2D eigenvalue weighted by Gasteiger charge is -2.16. The lowest BCUT2D eigenvalue weighted by Crippen LogP contribution is -2.24. The highest BCUT2D eigenvalue weighted by Gasteiger charge is 2.28. The third-order valence-corrected chi connectivity index (χ3v) is 4.38. The van der Waals surface area contributed by atoms with Crippen LogP contribution < -0.4 is 16.0 Å². The number of nitrogens with two attached hydrogens (primary N) is 1. The molecule has 1 aromatic carbocycles. The monoisotopic (exact) mass is 438 g/mol. The molecule has 0 radical (unpaired) electrons. The van der Waals surface area contributed by atoms with Crippen LogP contribution in [0.1, 0.15) is 46.9 Å². The number of pyridine rings is 1. The fourth-order valence-electron chi connectivity index (χ4n) is 2.67. The zero-order valence-electron chi connectivity index (χ0n) is 14.5. The number of ether oxygens (including phenoxy) is 1. The fraction of sp³-hybridized carbons (Fsp3) is 0.278. The van der Waals surface area contributed by atoms with Gasteiger partial charge in [0.15, 0.2) is 0 Å². The number of carbonyl (C=O) groups is 2. The number of halogens is 1. The maximum absolute atomic E-state index is 12.2. The Morgan fingerprint density at radius 1 is 1.19 bits per heavy atom. The van der Waals surface area contributed by atoms with E-state index in [1.165, 1.54) is 6.07 Å². The van der Waals surface area contributed by atoms with Gasteiger partial charge >= 0.3 is 11.9 Å². The first-order valence-corrected chi connectivity index (χ1v) is 9.02. The number of benzene rings is 1. The summed E-state index contributed by atoms with van der Waals surface area (Å²) in [7, 11) is 0. The molecule has 0 aliphatic heterocycles. The van der Waals surface area contributed by atoms with Crippen LogP contribution in [-0.2, 0) is 0 Å². The summed E-state index contributed by atoms with van der Waals surface area (Å²) in [5, 5.41) is 19.1. The molecule has 2 rings (SSSR count). The van der Waals surface area contributed by atoms with Crippen molar-refractivity contribution in [3.05, 3.63) is 44.2 Å². The molecule has 0 fully saturated rings. The van der Waals surface area contributed by atoms with Gasteiger partial charge < -0.3 is 25.7 Å². The minimum absolute atomic E-state index is 0.161. The van der Waals surface area contributed by atoms with Gasteiger partial charge in [-0.15, -0.1) is 0 Å². The Labute approximate surface area is 163 Å². The number of nitrogen functional groups attached to an aromatic ring is 1. The molecule has 5 N–H and O–H groups in total. The van der Waals surface area contributed by atoms with Crippen molar-refractivity contribution in [3.8, 4) is 16.9 Å². The molecule has 0 saturated carbocycles. The molecule has 8 nitrogen and oxygen atoms in total. The van der Waals surface area contributed by atoms with E-state index < -0.39 is 34.4 Å². The first-order chi connectivity index (χ1) is 12.8. The molecule has 1 heterocycles. The lowest BCUT2D eigenvalue weighted by atomic mass is 9.94. The Morgan fingerprint density at radius 2 is 1.85 bits per heavy atom. The molecule has 0 aliphatic carbocycles. The van der Waals surface area contributed by atoms with Gasteiger partial charge in [0.05, 0.1) is 6.61 Å². The van der Waals surface area contributed by atoms with E-state index in [-0.39, 0.29) is 16.9 Å². The number of hydrogen-bond acceptors (Lipinski definition) is 5. The summed E-state index contributed by atoms with van der Waals surface area (Å²) >= 11 is 3.28. The van der Waals surface area contributed by atoms with Gasteiger partial charge in [0.1, 0.15) is 22.7 Å². The maximum Gasteiger partial charge on any atom is 0.342 e. The van der Waals surface area contributed by atoms with Crippen molar-refractivity contribution in [2.24, 2.45) is 0 Å². The van der Waals surface area contributed by atoms with E-state index in [2.05, 4.69) is 20.9 Å². The molecule has 9 heteroatoms. The summed E-state index contributed by atoms with van der Waals surface area (Å²) < 4.78 is 6.30. The van der Waals surface area contributed by atoms with E-state index in [9.17, 15) is 24.6 Å². The number of nitrogens with one attached hydrogen (secondary N) is 1. The second kappa shape index (κ2) is 8.72. The molecule has 0 aliphatic rings. The van der Waals surface area contributed by atoms with Crippen molar-refractivity contribution in [1.29, 1.82) is 0 Å². The van der Waals surface area contributed by atoms with E-state index >= 15 is 0 Å². The number of carboxylic acid groups (broad SMARTS) is 2. The molecule has 0 saturated heterocycles. The smallest absolute Gasteiger partial charge is 0.342 e. The molecular formula is C18H19BrN2O6. The van der Waals surface area contributed by atoms with E-state index in [4.69, 9.17) is 10.5 Å². The van der Waals surface area contributed by atoms with Crippen LogP contribution in [0.4, 0.5) is 5.82 Å². The second-order valence-corrected chi connectivity index (χ2v) is 6.71. The van der Waals surface area contributed by atoms with E-state index in [0.29, 0.717) is 11.1 Å². The van der Waals surface area contributed by atoms with Crippen molar-refractivity contribution < 1.29 is 24.5 Å². The van der Waals surface area contributed by atoms with Gasteiger partial charge in [-0.2, -0.15) is 0 Å². The molecule has 0 spiro atoms. The zero-order valence-corrected chi connectivity index (χ0v) is 16.1. The molecule has 0 bridgehead atoms. The van der Waals surface area contributed by atoms with Crippen LogP contribution >= 0.6 is 15.9 Å². The average molecular weight is 439 g/mol. The summed E-state index contributed by atoms with van der Waals surface area (Å²) in [4.78, 5) is 37.7. The highest BCUT2D eigenvalue weighted by molar-refractivity contribution is 9.10. The van der Waals surface area contributed by atoms with Crippen molar-refractivity contribution in [1.82, 2.24) is 4.98 Å². The number of aromatic amines is 1. The molecule has 144 valence electrons. The number of aromatic nitrogens is 1. The van der Waals surface area contributed by atoms with E-state index in [0.717, 1.165) is 19.3 Å². The molecule has 0 atom stereocenters. The van der Waals surface area contributed by atoms with Crippen molar-refractivity contribution in [3.63, 3.8) is 0 Å². The Bertz CT molecular complexity index is 938. The summed E-state index contributed by atoms with van der Waals surface area (Å²) in [6, 6.07) is 4.76. The summed E-state index contributed by atoms with van der Waals surface area (Å²) in [5.41, 5.74) is 3.35. The number of unbranched alkanes of at least 4 members (excludes halogenated alkanes) is 2. The Morgan fingerprint density at radius 3 is 2.44 bits per heavy atom. The van der Waals surface area contributed by atoms with Gasteiger partial charge in [0, 0.05) is 15.6 Å². The first-order valence-electron chi connectivity index (χ1n) is 8.23. The standard InChI is InChI=1S/C18H19BrN2O6/c1-2-3-4-7-27-11-6-5-9(19)8-10(11)12-13(17(23)24)15(20)21-16(22)14(12)18(25)26/h5-6,8H,2-4,7H2,1H3,(H,23,24)(H,25,26)(H3,20,21,22). The molecule has 0 amide bonds. The summed E-state index contributed by atoms with van der Waals surface area (Å²) in [6.45, 7) is 2.41. The van der Waals surface area contributed by atoms with Crippen molar-refractivity contribution >= 4 is 33.7 Å². The van der Waals surface area contributed by atoms with Gasteiger partial charge in [0.2, 0.25) is 0 Å². The predicted molar refractivity (Wildman–Crippen MR) is 104 cm³/mol. The van der Waals surface area contributed by atoms with Crippen LogP contribution in [0.15, 0.2) is 27.5 Å². The number of hydrogen-bond donors (Lipinski definition) is 4. The maximum atomic E-state index is 12.2. The van der Waals surface area contributed by atoms with Gasteiger partial charge in [-0.1, -0.05) is 35.7 Å². The second-order valence-electron chi connectivity index (χ2n) is 5.80. The SMILES string of the molecule is CCCCCOc1ccc(Br)cc1-c1c(C(=O)O)c(N)[nH]c(=O)c1C(=O)O. The van der Waals surface area contributed by atoms with Crippen LogP contribution in [0.5, 0.6) is 5.75 Å². The first kappa shape index (κ1) is 20.5. The van der Waals surface area contributed by atoms with Crippen LogP contribution in [-0.4, -0.2) is 33.7 Å². The quantitative estimate of drug-likeness (QED) is 0.462. The third-order valence-electron chi connectivity index (χ3n) is 3.89. The Hall–Kier alpha value is -2.81. The third kappa shape index (κ3) is 4.48. The van der Waals surface area contributed by atoms with Crippen molar-refractivity contribution in [2.75, 3.05) is 12.3 Å². The fourth-order valence-corrected chi connectivity index (χ4v) is 3.03. The number of aromatic carboxylic acids is 2. The number of carboxylic acids is 2. The molecule has 27 heavy (non-hydrogen) atoms. The number of anilines is 1. The topological polar surface area (TPSA) is 143 Å². The van der Waals surface area contributed by atoms with Crippen molar-refractivity contribution in [2.45, 2.75) is 26.2 Å².